The van der Waals surface area contributed by atoms with E-state index >= 15 is 0 Å². The van der Waals surface area contributed by atoms with E-state index in [4.69, 9.17) is 4.42 Å². The van der Waals surface area contributed by atoms with E-state index in [1.807, 2.05) is 24.4 Å². The molecule has 0 fully saturated rings. The lowest BCUT2D eigenvalue weighted by molar-refractivity contribution is 0.511. The molecule has 0 atom stereocenters. The van der Waals surface area contributed by atoms with E-state index in [1.54, 1.807) is 17.4 Å². The Balaban J connectivity index is 1.63. The summed E-state index contributed by atoms with van der Waals surface area (Å²) in [7, 11) is 0. The van der Waals surface area contributed by atoms with Gasteiger partial charge in [-0.2, -0.15) is 0 Å². The lowest BCUT2D eigenvalue weighted by Gasteiger charge is -2.13. The van der Waals surface area contributed by atoms with Crippen LogP contribution in [-0.4, -0.2) is 10.2 Å². The summed E-state index contributed by atoms with van der Waals surface area (Å²) in [6.45, 7) is 2.38. The van der Waals surface area contributed by atoms with Gasteiger partial charge < -0.3 is 15.1 Å². The van der Waals surface area contributed by atoms with Gasteiger partial charge in [-0.15, -0.1) is 16.4 Å². The molecule has 9 heteroatoms. The molecule has 4 aromatic rings. The number of hydrogen-bond acceptors (Lipinski definition) is 6. The molecular formula is C21H17F3N4OS. The Kier molecular flexibility index (Phi) is 5.71. The fourth-order valence-corrected chi connectivity index (χ4v) is 3.49. The lowest BCUT2D eigenvalue weighted by atomic mass is 10.1. The predicted octanol–water partition coefficient (Wildman–Crippen LogP) is 6.13. The van der Waals surface area contributed by atoms with Crippen molar-refractivity contribution in [3.63, 3.8) is 0 Å². The van der Waals surface area contributed by atoms with Crippen LogP contribution in [0.2, 0.25) is 0 Å². The summed E-state index contributed by atoms with van der Waals surface area (Å²) >= 11 is 1.57. The van der Waals surface area contributed by atoms with Crippen molar-refractivity contribution in [2.45, 2.75) is 19.9 Å². The summed E-state index contributed by atoms with van der Waals surface area (Å²) in [5.74, 6) is -2.86. The van der Waals surface area contributed by atoms with Crippen molar-refractivity contribution in [3.05, 3.63) is 75.7 Å². The van der Waals surface area contributed by atoms with Gasteiger partial charge in [0.2, 0.25) is 0 Å². The standard InChI is InChI=1S/C21H17F3N4OS/c1-2-12-5-8-17(16(23)10-12)26-19-14(6-7-15(22)18(19)24)20-27-28-21(29-20)25-11-13-4-3-9-30-13/h3-10,26H,2,11H2,1H3,(H,25,28). The molecule has 2 N–H and O–H groups in total. The predicted molar refractivity (Wildman–Crippen MR) is 110 cm³/mol. The van der Waals surface area contributed by atoms with Crippen LogP contribution in [0.1, 0.15) is 17.4 Å². The maximum Gasteiger partial charge on any atom is 0.316 e. The largest absolute Gasteiger partial charge is 0.403 e. The molecule has 2 aromatic carbocycles. The highest BCUT2D eigenvalue weighted by atomic mass is 32.1. The minimum atomic E-state index is -1.17. The molecule has 4 rings (SSSR count). The van der Waals surface area contributed by atoms with E-state index in [1.165, 1.54) is 18.2 Å². The van der Waals surface area contributed by atoms with Crippen LogP contribution in [0.5, 0.6) is 0 Å². The van der Waals surface area contributed by atoms with Crippen molar-refractivity contribution in [1.29, 1.82) is 0 Å². The van der Waals surface area contributed by atoms with Gasteiger partial charge in [0.25, 0.3) is 5.89 Å². The fourth-order valence-electron chi connectivity index (χ4n) is 2.85. The van der Waals surface area contributed by atoms with Gasteiger partial charge >= 0.3 is 6.01 Å². The van der Waals surface area contributed by atoms with Crippen LogP contribution in [0.25, 0.3) is 11.5 Å². The monoisotopic (exact) mass is 430 g/mol. The zero-order chi connectivity index (χ0) is 21.1. The smallest absolute Gasteiger partial charge is 0.316 e. The summed E-state index contributed by atoms with van der Waals surface area (Å²) in [5, 5.41) is 15.4. The number of hydrogen-bond donors (Lipinski definition) is 2. The van der Waals surface area contributed by atoms with Crippen LogP contribution < -0.4 is 10.6 Å². The molecule has 0 spiro atoms. The highest BCUT2D eigenvalue weighted by Gasteiger charge is 2.20. The third kappa shape index (κ3) is 4.16. The number of nitrogens with zero attached hydrogens (tertiary/aromatic N) is 2. The molecule has 0 amide bonds. The average Bonchev–Trinajstić information content (AvgIpc) is 3.43. The summed E-state index contributed by atoms with van der Waals surface area (Å²) in [6.07, 6.45) is 0.653. The number of benzene rings is 2. The quantitative estimate of drug-likeness (QED) is 0.369. The fraction of sp³-hybridized carbons (Fsp3) is 0.143. The Labute approximate surface area is 174 Å². The van der Waals surface area contributed by atoms with Gasteiger partial charge in [0.05, 0.1) is 23.5 Å². The number of nitrogens with one attached hydrogen (secondary N) is 2. The van der Waals surface area contributed by atoms with Crippen LogP contribution in [-0.2, 0) is 13.0 Å². The van der Waals surface area contributed by atoms with E-state index in [0.717, 1.165) is 16.5 Å². The SMILES string of the molecule is CCc1ccc(Nc2c(-c3nnc(NCc4cccs4)o3)ccc(F)c2F)c(F)c1. The van der Waals surface area contributed by atoms with Crippen molar-refractivity contribution >= 4 is 28.7 Å². The maximum atomic E-state index is 14.6. The molecule has 5 nitrogen and oxygen atoms in total. The van der Waals surface area contributed by atoms with E-state index in [-0.39, 0.29) is 28.8 Å². The number of aryl methyl sites for hydroxylation is 1. The van der Waals surface area contributed by atoms with Crippen LogP contribution in [0.3, 0.4) is 0 Å². The Morgan fingerprint density at radius 3 is 2.63 bits per heavy atom. The summed E-state index contributed by atoms with van der Waals surface area (Å²) in [5.41, 5.74) is 0.626. The first-order valence-corrected chi connectivity index (χ1v) is 10.1. The Morgan fingerprint density at radius 1 is 1.03 bits per heavy atom. The van der Waals surface area contributed by atoms with Gasteiger partial charge in [-0.3, -0.25) is 0 Å². The Bertz CT molecular complexity index is 1160. The summed E-state index contributed by atoms with van der Waals surface area (Å²) in [4.78, 5) is 1.07. The van der Waals surface area contributed by atoms with Crippen molar-refractivity contribution in [2.75, 3.05) is 10.6 Å². The molecule has 2 aromatic heterocycles. The molecule has 0 aliphatic rings. The van der Waals surface area contributed by atoms with Crippen LogP contribution in [0.15, 0.2) is 52.3 Å². The average molecular weight is 430 g/mol. The zero-order valence-corrected chi connectivity index (χ0v) is 16.7. The topological polar surface area (TPSA) is 63.0 Å². The van der Waals surface area contributed by atoms with E-state index in [2.05, 4.69) is 20.8 Å². The van der Waals surface area contributed by atoms with Crippen molar-refractivity contribution in [1.82, 2.24) is 10.2 Å². The van der Waals surface area contributed by atoms with Gasteiger partial charge in [-0.25, -0.2) is 13.2 Å². The normalized spacial score (nSPS) is 10.9. The van der Waals surface area contributed by atoms with E-state index in [9.17, 15) is 13.2 Å². The molecule has 0 saturated carbocycles. The molecule has 30 heavy (non-hydrogen) atoms. The Hall–Kier alpha value is -3.33. The number of thiophene rings is 1. The van der Waals surface area contributed by atoms with Crippen molar-refractivity contribution in [2.24, 2.45) is 0 Å². The molecule has 0 aliphatic carbocycles. The Morgan fingerprint density at radius 2 is 1.90 bits per heavy atom. The highest BCUT2D eigenvalue weighted by molar-refractivity contribution is 7.09. The second-order valence-electron chi connectivity index (χ2n) is 6.42. The van der Waals surface area contributed by atoms with Crippen molar-refractivity contribution in [3.8, 4) is 11.5 Å². The second-order valence-corrected chi connectivity index (χ2v) is 7.45. The third-order valence-corrected chi connectivity index (χ3v) is 5.32. The number of aromatic nitrogens is 2. The second kappa shape index (κ2) is 8.58. The molecule has 0 saturated heterocycles. The third-order valence-electron chi connectivity index (χ3n) is 4.45. The molecule has 0 bridgehead atoms. The van der Waals surface area contributed by atoms with Gasteiger partial charge in [-0.05, 0) is 47.7 Å². The summed E-state index contributed by atoms with van der Waals surface area (Å²) in [6, 6.07) is 10.8. The molecule has 154 valence electrons. The molecule has 0 unspecified atom stereocenters. The number of halogens is 3. The molecular weight excluding hydrogens is 413 g/mol. The van der Waals surface area contributed by atoms with Crippen LogP contribution in [0, 0.1) is 17.5 Å². The van der Waals surface area contributed by atoms with E-state index < -0.39 is 17.5 Å². The first-order chi connectivity index (χ1) is 14.5. The van der Waals surface area contributed by atoms with Gasteiger partial charge in [-0.1, -0.05) is 24.2 Å². The minimum Gasteiger partial charge on any atom is -0.403 e. The zero-order valence-electron chi connectivity index (χ0n) is 15.9. The number of rotatable bonds is 7. The van der Waals surface area contributed by atoms with Crippen molar-refractivity contribution < 1.29 is 17.6 Å². The first-order valence-electron chi connectivity index (χ1n) is 9.18. The highest BCUT2D eigenvalue weighted by Crippen LogP contribution is 2.34. The minimum absolute atomic E-state index is 0.00788. The molecule has 2 heterocycles. The van der Waals surface area contributed by atoms with Gasteiger partial charge in [0.15, 0.2) is 11.6 Å². The van der Waals surface area contributed by atoms with E-state index in [0.29, 0.717) is 13.0 Å². The first kappa shape index (κ1) is 20.0. The van der Waals surface area contributed by atoms with Crippen LogP contribution in [0.4, 0.5) is 30.6 Å². The number of anilines is 3. The summed E-state index contributed by atoms with van der Waals surface area (Å²) < 4.78 is 48.4. The molecule has 0 aliphatic heterocycles. The van der Waals surface area contributed by atoms with Gasteiger partial charge in [0, 0.05) is 4.88 Å². The lowest BCUT2D eigenvalue weighted by Crippen LogP contribution is -2.02. The maximum absolute atomic E-state index is 14.6. The van der Waals surface area contributed by atoms with Crippen LogP contribution >= 0.6 is 11.3 Å². The molecule has 0 radical (unpaired) electrons. The van der Waals surface area contributed by atoms with Gasteiger partial charge in [0.1, 0.15) is 5.82 Å².